The van der Waals surface area contributed by atoms with E-state index in [1.165, 1.54) is 0 Å². The second-order valence-corrected chi connectivity index (χ2v) is 6.33. The van der Waals surface area contributed by atoms with Gasteiger partial charge in [-0.2, -0.15) is 0 Å². The molecule has 0 saturated carbocycles. The zero-order chi connectivity index (χ0) is 19.6. The van der Waals surface area contributed by atoms with Crippen molar-refractivity contribution in [2.75, 3.05) is 6.61 Å². The van der Waals surface area contributed by atoms with E-state index in [1.807, 2.05) is 60.7 Å². The molecule has 0 atom stereocenters. The van der Waals surface area contributed by atoms with Crippen molar-refractivity contribution in [3.05, 3.63) is 102 Å². The van der Waals surface area contributed by atoms with Gasteiger partial charge in [0.15, 0.2) is 5.78 Å². The largest absolute Gasteiger partial charge is 0.494 e. The lowest BCUT2D eigenvalue weighted by molar-refractivity contribution is 0.0472. The molecule has 0 aliphatic rings. The van der Waals surface area contributed by atoms with Crippen LogP contribution in [-0.4, -0.2) is 18.4 Å². The van der Waals surface area contributed by atoms with Crippen molar-refractivity contribution in [3.63, 3.8) is 0 Å². The third-order valence-electron chi connectivity index (χ3n) is 4.22. The van der Waals surface area contributed by atoms with E-state index in [2.05, 4.69) is 0 Å². The van der Waals surface area contributed by atoms with E-state index in [0.29, 0.717) is 30.8 Å². The Morgan fingerprint density at radius 3 is 2.04 bits per heavy atom. The average Bonchev–Trinajstić information content (AvgIpc) is 2.76. The molecule has 0 saturated heterocycles. The number of ether oxygens (including phenoxy) is 2. The van der Waals surface area contributed by atoms with Gasteiger partial charge in [-0.05, 0) is 36.2 Å². The fourth-order valence-corrected chi connectivity index (χ4v) is 2.68. The highest BCUT2D eigenvalue weighted by Crippen LogP contribution is 2.15. The van der Waals surface area contributed by atoms with Crippen LogP contribution in [0, 0.1) is 0 Å². The molecule has 3 aromatic carbocycles. The van der Waals surface area contributed by atoms with Gasteiger partial charge in [0.25, 0.3) is 0 Å². The van der Waals surface area contributed by atoms with Gasteiger partial charge in [-0.3, -0.25) is 4.79 Å². The summed E-state index contributed by atoms with van der Waals surface area (Å²) in [6.45, 7) is 0.684. The summed E-state index contributed by atoms with van der Waals surface area (Å²) in [5, 5.41) is 0. The summed E-state index contributed by atoms with van der Waals surface area (Å²) < 4.78 is 11.0. The molecule has 0 unspecified atom stereocenters. The van der Waals surface area contributed by atoms with Gasteiger partial charge in [0.05, 0.1) is 12.2 Å². The Bertz CT molecular complexity index is 887. The van der Waals surface area contributed by atoms with Gasteiger partial charge in [-0.25, -0.2) is 4.79 Å². The summed E-state index contributed by atoms with van der Waals surface area (Å²) >= 11 is 0. The van der Waals surface area contributed by atoms with Crippen LogP contribution in [0.15, 0.2) is 84.9 Å². The van der Waals surface area contributed by atoms with Crippen molar-refractivity contribution >= 4 is 11.8 Å². The SMILES string of the molecule is O=C(CCCOc1ccc(C(=O)OCc2ccccc2)cc1)c1ccccc1. The number of carbonyl (C=O) groups excluding carboxylic acids is 2. The summed E-state index contributed by atoms with van der Waals surface area (Å²) in [5.74, 6) is 0.399. The molecular formula is C24H22O4. The molecule has 4 nitrogen and oxygen atoms in total. The zero-order valence-electron chi connectivity index (χ0n) is 15.5. The van der Waals surface area contributed by atoms with Gasteiger partial charge >= 0.3 is 5.97 Å². The summed E-state index contributed by atoms with van der Waals surface area (Å²) in [7, 11) is 0. The number of esters is 1. The lowest BCUT2D eigenvalue weighted by Gasteiger charge is -2.08. The summed E-state index contributed by atoms with van der Waals surface area (Å²) in [4.78, 5) is 24.1. The number of ketones is 1. The van der Waals surface area contributed by atoms with Gasteiger partial charge in [-0.1, -0.05) is 60.7 Å². The van der Waals surface area contributed by atoms with E-state index in [9.17, 15) is 9.59 Å². The number of hydrogen-bond donors (Lipinski definition) is 0. The van der Waals surface area contributed by atoms with Crippen molar-refractivity contribution in [3.8, 4) is 5.75 Å². The zero-order valence-corrected chi connectivity index (χ0v) is 15.5. The van der Waals surface area contributed by atoms with Gasteiger partial charge in [-0.15, -0.1) is 0 Å². The van der Waals surface area contributed by atoms with Crippen molar-refractivity contribution in [1.29, 1.82) is 0 Å². The first kappa shape index (κ1) is 19.4. The average molecular weight is 374 g/mol. The molecule has 3 aromatic rings. The van der Waals surface area contributed by atoms with Crippen LogP contribution in [0.2, 0.25) is 0 Å². The molecule has 0 aliphatic carbocycles. The second kappa shape index (κ2) is 10.1. The molecule has 0 heterocycles. The minimum atomic E-state index is -0.371. The fourth-order valence-electron chi connectivity index (χ4n) is 2.68. The van der Waals surface area contributed by atoms with Crippen LogP contribution in [0.5, 0.6) is 5.75 Å². The van der Waals surface area contributed by atoms with Crippen LogP contribution in [-0.2, 0) is 11.3 Å². The number of Topliss-reactive ketones (excluding diaryl/α,β-unsaturated/α-hetero) is 1. The first-order valence-corrected chi connectivity index (χ1v) is 9.24. The molecule has 4 heteroatoms. The molecule has 28 heavy (non-hydrogen) atoms. The lowest BCUT2D eigenvalue weighted by Crippen LogP contribution is -2.06. The maximum absolute atomic E-state index is 12.1. The van der Waals surface area contributed by atoms with Crippen LogP contribution in [0.1, 0.15) is 39.1 Å². The van der Waals surface area contributed by atoms with Gasteiger partial charge in [0.2, 0.25) is 0 Å². The van der Waals surface area contributed by atoms with Gasteiger partial charge < -0.3 is 9.47 Å². The molecule has 0 N–H and O–H groups in total. The highest BCUT2D eigenvalue weighted by atomic mass is 16.5. The number of carbonyl (C=O) groups is 2. The predicted molar refractivity (Wildman–Crippen MR) is 108 cm³/mol. The Labute approximate surface area is 164 Å². The van der Waals surface area contributed by atoms with E-state index < -0.39 is 0 Å². The van der Waals surface area contributed by atoms with Crippen molar-refractivity contribution in [2.24, 2.45) is 0 Å². The smallest absolute Gasteiger partial charge is 0.338 e. The van der Waals surface area contributed by atoms with Crippen molar-refractivity contribution < 1.29 is 19.1 Å². The Balaban J connectivity index is 1.40. The van der Waals surface area contributed by atoms with Crippen LogP contribution in [0.3, 0.4) is 0 Å². The maximum atomic E-state index is 12.1. The molecule has 0 radical (unpaired) electrons. The van der Waals surface area contributed by atoms with Crippen molar-refractivity contribution in [2.45, 2.75) is 19.4 Å². The standard InChI is InChI=1S/C24H22O4/c25-23(20-10-5-2-6-11-20)12-7-17-27-22-15-13-21(14-16-22)24(26)28-18-19-8-3-1-4-9-19/h1-6,8-11,13-16H,7,12,17-18H2. The number of rotatable bonds is 9. The van der Waals surface area contributed by atoms with E-state index in [0.717, 1.165) is 11.1 Å². The van der Waals surface area contributed by atoms with Gasteiger partial charge in [0, 0.05) is 12.0 Å². The van der Waals surface area contributed by atoms with E-state index in [1.54, 1.807) is 24.3 Å². The van der Waals surface area contributed by atoms with Crippen LogP contribution >= 0.6 is 0 Å². The fraction of sp³-hybridized carbons (Fsp3) is 0.167. The number of benzene rings is 3. The minimum absolute atomic E-state index is 0.112. The summed E-state index contributed by atoms with van der Waals surface area (Å²) in [5.41, 5.74) is 2.14. The Morgan fingerprint density at radius 2 is 1.36 bits per heavy atom. The Morgan fingerprint density at radius 1 is 0.714 bits per heavy atom. The second-order valence-electron chi connectivity index (χ2n) is 6.33. The molecule has 0 fully saturated rings. The number of hydrogen-bond acceptors (Lipinski definition) is 4. The molecular weight excluding hydrogens is 352 g/mol. The van der Waals surface area contributed by atoms with E-state index >= 15 is 0 Å². The third kappa shape index (κ3) is 5.81. The molecule has 0 spiro atoms. The van der Waals surface area contributed by atoms with Crippen molar-refractivity contribution in [1.82, 2.24) is 0 Å². The van der Waals surface area contributed by atoms with Crippen LogP contribution < -0.4 is 4.74 Å². The van der Waals surface area contributed by atoms with Crippen LogP contribution in [0.25, 0.3) is 0 Å². The molecule has 0 aliphatic heterocycles. The van der Waals surface area contributed by atoms with E-state index in [-0.39, 0.29) is 18.4 Å². The molecule has 3 rings (SSSR count). The molecule has 0 aromatic heterocycles. The molecule has 142 valence electrons. The topological polar surface area (TPSA) is 52.6 Å². The van der Waals surface area contributed by atoms with E-state index in [4.69, 9.17) is 9.47 Å². The molecule has 0 bridgehead atoms. The first-order chi connectivity index (χ1) is 13.7. The maximum Gasteiger partial charge on any atom is 0.338 e. The quantitative estimate of drug-likeness (QED) is 0.298. The first-order valence-electron chi connectivity index (χ1n) is 9.24. The minimum Gasteiger partial charge on any atom is -0.494 e. The van der Waals surface area contributed by atoms with Gasteiger partial charge in [0.1, 0.15) is 12.4 Å². The Kier molecular flexibility index (Phi) is 6.96. The monoisotopic (exact) mass is 374 g/mol. The normalized spacial score (nSPS) is 10.3. The molecule has 0 amide bonds. The van der Waals surface area contributed by atoms with Crippen LogP contribution in [0.4, 0.5) is 0 Å². The predicted octanol–water partition coefficient (Wildman–Crippen LogP) is 5.09. The Hall–Kier alpha value is -3.40. The highest BCUT2D eigenvalue weighted by molar-refractivity contribution is 5.95. The summed E-state index contributed by atoms with van der Waals surface area (Å²) in [6.07, 6.45) is 1.07. The highest BCUT2D eigenvalue weighted by Gasteiger charge is 2.08. The lowest BCUT2D eigenvalue weighted by atomic mass is 10.1. The third-order valence-corrected chi connectivity index (χ3v) is 4.22. The summed E-state index contributed by atoms with van der Waals surface area (Å²) in [6, 6.07) is 25.6.